The number of rotatable bonds is 6. The fraction of sp³-hybridized carbons (Fsp3) is 0.600. The predicted molar refractivity (Wildman–Crippen MR) is 99.5 cm³/mol. The van der Waals surface area contributed by atoms with Crippen LogP contribution in [0.5, 0.6) is 0 Å². The molecule has 0 bridgehead atoms. The fourth-order valence-corrected chi connectivity index (χ4v) is 3.52. The zero-order valence-corrected chi connectivity index (χ0v) is 15.3. The van der Waals surface area contributed by atoms with Gasteiger partial charge in [0.05, 0.1) is 0 Å². The van der Waals surface area contributed by atoms with Crippen molar-refractivity contribution in [1.82, 2.24) is 10.2 Å². The van der Waals surface area contributed by atoms with Gasteiger partial charge in [-0.25, -0.2) is 0 Å². The summed E-state index contributed by atoms with van der Waals surface area (Å²) in [4.78, 5) is 26.8. The van der Waals surface area contributed by atoms with Crippen LogP contribution in [0.2, 0.25) is 0 Å². The molecule has 25 heavy (non-hydrogen) atoms. The van der Waals surface area contributed by atoms with Crippen molar-refractivity contribution >= 4 is 17.5 Å². The molecule has 0 spiro atoms. The number of carbonyl (C=O) groups excluding carboxylic acids is 2. The van der Waals surface area contributed by atoms with E-state index in [2.05, 4.69) is 24.5 Å². The van der Waals surface area contributed by atoms with Crippen molar-refractivity contribution < 1.29 is 9.59 Å². The Hall–Kier alpha value is -1.88. The minimum atomic E-state index is 0.0674. The monoisotopic (exact) mass is 343 g/mol. The van der Waals surface area contributed by atoms with E-state index < -0.39 is 0 Å². The normalized spacial score (nSPS) is 23.4. The van der Waals surface area contributed by atoms with Crippen LogP contribution in [-0.4, -0.2) is 42.9 Å². The quantitative estimate of drug-likeness (QED) is 0.835. The van der Waals surface area contributed by atoms with Crippen molar-refractivity contribution in [3.63, 3.8) is 0 Å². The minimum absolute atomic E-state index is 0.0674. The van der Waals surface area contributed by atoms with E-state index in [1.54, 1.807) is 6.07 Å². The first kappa shape index (κ1) is 17.9. The van der Waals surface area contributed by atoms with Crippen LogP contribution in [0.15, 0.2) is 24.3 Å². The van der Waals surface area contributed by atoms with Crippen molar-refractivity contribution in [2.24, 2.45) is 17.8 Å². The average molecular weight is 343 g/mol. The van der Waals surface area contributed by atoms with Crippen molar-refractivity contribution in [2.45, 2.75) is 33.1 Å². The summed E-state index contributed by atoms with van der Waals surface area (Å²) in [6.45, 7) is 7.87. The van der Waals surface area contributed by atoms with Gasteiger partial charge in [-0.2, -0.15) is 0 Å². The lowest BCUT2D eigenvalue weighted by molar-refractivity contribution is -0.117. The number of hydrogen-bond acceptors (Lipinski definition) is 3. The molecule has 2 aliphatic rings. The lowest BCUT2D eigenvalue weighted by Gasteiger charge is -2.32. The van der Waals surface area contributed by atoms with Crippen molar-refractivity contribution in [3.8, 4) is 0 Å². The van der Waals surface area contributed by atoms with Crippen LogP contribution < -0.4 is 10.6 Å². The van der Waals surface area contributed by atoms with Crippen LogP contribution in [0.25, 0.3) is 0 Å². The molecule has 1 heterocycles. The predicted octanol–water partition coefficient (Wildman–Crippen LogP) is 2.74. The summed E-state index contributed by atoms with van der Waals surface area (Å²) >= 11 is 0. The van der Waals surface area contributed by atoms with Crippen LogP contribution in [-0.2, 0) is 4.79 Å². The van der Waals surface area contributed by atoms with Gasteiger partial charge in [0.2, 0.25) is 5.91 Å². The highest BCUT2D eigenvalue weighted by Crippen LogP contribution is 2.38. The van der Waals surface area contributed by atoms with Crippen LogP contribution in [0.3, 0.4) is 0 Å². The summed E-state index contributed by atoms with van der Waals surface area (Å²) in [7, 11) is 0. The molecule has 5 nitrogen and oxygen atoms in total. The fourth-order valence-electron chi connectivity index (χ4n) is 3.52. The second kappa shape index (κ2) is 8.00. The maximum atomic E-state index is 12.8. The van der Waals surface area contributed by atoms with Gasteiger partial charge in [0.25, 0.3) is 5.91 Å². The van der Waals surface area contributed by atoms with E-state index in [4.69, 9.17) is 0 Å². The average Bonchev–Trinajstić information content (AvgIpc) is 3.37. The van der Waals surface area contributed by atoms with E-state index in [0.29, 0.717) is 17.4 Å². The number of hydrogen-bond donors (Lipinski definition) is 2. The Morgan fingerprint density at radius 1 is 1.24 bits per heavy atom. The highest BCUT2D eigenvalue weighted by Gasteiger charge is 2.39. The van der Waals surface area contributed by atoms with Gasteiger partial charge >= 0.3 is 0 Å². The Labute approximate surface area is 150 Å². The molecule has 5 heteroatoms. The van der Waals surface area contributed by atoms with Gasteiger partial charge in [0, 0.05) is 30.3 Å². The molecular formula is C20H29N3O2. The van der Waals surface area contributed by atoms with Crippen LogP contribution in [0, 0.1) is 17.8 Å². The molecule has 3 rings (SSSR count). The first-order chi connectivity index (χ1) is 12.1. The third kappa shape index (κ3) is 4.60. The molecule has 0 aromatic heterocycles. The lowest BCUT2D eigenvalue weighted by atomic mass is 9.96. The zero-order valence-electron chi connectivity index (χ0n) is 15.3. The summed E-state index contributed by atoms with van der Waals surface area (Å²) in [6, 6.07) is 7.34. The third-order valence-corrected chi connectivity index (χ3v) is 5.41. The molecule has 2 fully saturated rings. The Bertz CT molecular complexity index is 623. The van der Waals surface area contributed by atoms with Crippen LogP contribution in [0.4, 0.5) is 5.69 Å². The molecule has 2 unspecified atom stereocenters. The molecule has 1 aliphatic carbocycles. The van der Waals surface area contributed by atoms with E-state index in [-0.39, 0.29) is 17.7 Å². The van der Waals surface area contributed by atoms with Crippen LogP contribution >= 0.6 is 0 Å². The van der Waals surface area contributed by atoms with E-state index in [0.717, 1.165) is 51.1 Å². The summed E-state index contributed by atoms with van der Waals surface area (Å²) in [5.41, 5.74) is 1.38. The highest BCUT2D eigenvalue weighted by atomic mass is 16.2. The summed E-state index contributed by atoms with van der Waals surface area (Å²) in [6.07, 6.45) is 3.07. The van der Waals surface area contributed by atoms with Gasteiger partial charge in [0.1, 0.15) is 0 Å². The number of anilines is 1. The van der Waals surface area contributed by atoms with Gasteiger partial charge < -0.3 is 15.5 Å². The minimum Gasteiger partial charge on any atom is -0.339 e. The third-order valence-electron chi connectivity index (χ3n) is 5.41. The molecule has 2 atom stereocenters. The van der Waals surface area contributed by atoms with E-state index >= 15 is 0 Å². The second-order valence-electron chi connectivity index (χ2n) is 7.43. The van der Waals surface area contributed by atoms with Gasteiger partial charge in [0.15, 0.2) is 0 Å². The second-order valence-corrected chi connectivity index (χ2v) is 7.43. The molecular weight excluding hydrogens is 314 g/mol. The molecule has 1 aromatic carbocycles. The van der Waals surface area contributed by atoms with E-state index in [1.165, 1.54) is 0 Å². The molecule has 0 radical (unpaired) electrons. The van der Waals surface area contributed by atoms with E-state index in [1.807, 2.05) is 23.1 Å². The first-order valence-corrected chi connectivity index (χ1v) is 9.49. The standard InChI is InChI=1S/C20H29N3O2/c1-3-21-13-15-7-9-23(10-8-15)20(25)16-5-4-6-17(12-16)22-19(24)18-11-14(18)2/h4-6,12,14-15,18,21H,3,7-11,13H2,1-2H3,(H,22,24). The number of nitrogens with zero attached hydrogens (tertiary/aromatic N) is 1. The molecule has 1 aliphatic heterocycles. The summed E-state index contributed by atoms with van der Waals surface area (Å²) in [5, 5.41) is 6.34. The highest BCUT2D eigenvalue weighted by molar-refractivity contribution is 5.98. The Morgan fingerprint density at radius 2 is 1.96 bits per heavy atom. The van der Waals surface area contributed by atoms with Gasteiger partial charge in [-0.3, -0.25) is 9.59 Å². The Balaban J connectivity index is 1.55. The Kier molecular flexibility index (Phi) is 5.74. The number of amides is 2. The molecule has 1 saturated carbocycles. The summed E-state index contributed by atoms with van der Waals surface area (Å²) in [5.74, 6) is 1.41. The smallest absolute Gasteiger partial charge is 0.253 e. The largest absolute Gasteiger partial charge is 0.339 e. The number of piperidine rings is 1. The maximum absolute atomic E-state index is 12.8. The molecule has 1 saturated heterocycles. The van der Waals surface area contributed by atoms with Gasteiger partial charge in [-0.05, 0) is 62.4 Å². The first-order valence-electron chi connectivity index (χ1n) is 9.49. The number of carbonyl (C=O) groups is 2. The van der Waals surface area contributed by atoms with Gasteiger partial charge in [-0.15, -0.1) is 0 Å². The topological polar surface area (TPSA) is 61.4 Å². The molecule has 2 amide bonds. The summed E-state index contributed by atoms with van der Waals surface area (Å²) < 4.78 is 0. The molecule has 136 valence electrons. The zero-order chi connectivity index (χ0) is 17.8. The molecule has 2 N–H and O–H groups in total. The molecule has 1 aromatic rings. The maximum Gasteiger partial charge on any atom is 0.253 e. The van der Waals surface area contributed by atoms with Crippen molar-refractivity contribution in [1.29, 1.82) is 0 Å². The number of benzene rings is 1. The van der Waals surface area contributed by atoms with E-state index in [9.17, 15) is 9.59 Å². The number of likely N-dealkylation sites (tertiary alicyclic amines) is 1. The van der Waals surface area contributed by atoms with Crippen molar-refractivity contribution in [3.05, 3.63) is 29.8 Å². The SMILES string of the molecule is CCNCC1CCN(C(=O)c2cccc(NC(=O)C3CC3C)c2)CC1. The van der Waals surface area contributed by atoms with Crippen molar-refractivity contribution in [2.75, 3.05) is 31.5 Å². The lowest BCUT2D eigenvalue weighted by Crippen LogP contribution is -2.40. The Morgan fingerprint density at radius 3 is 2.60 bits per heavy atom. The number of nitrogens with one attached hydrogen (secondary N) is 2. The van der Waals surface area contributed by atoms with Gasteiger partial charge in [-0.1, -0.05) is 19.9 Å². The van der Waals surface area contributed by atoms with Crippen LogP contribution in [0.1, 0.15) is 43.5 Å².